The molecule has 0 saturated carbocycles. The van der Waals surface area contributed by atoms with Gasteiger partial charge in [0.15, 0.2) is 0 Å². The SMILES string of the molecule is NC(c1cccs1)c1cccc(Br)c1Cl. The fourth-order valence-corrected chi connectivity index (χ4v) is 2.75. The summed E-state index contributed by atoms with van der Waals surface area (Å²) in [6.45, 7) is 0. The minimum atomic E-state index is -0.144. The first-order valence-electron chi connectivity index (χ1n) is 4.43. The Kier molecular flexibility index (Phi) is 3.46. The second-order valence-corrected chi connectivity index (χ2v) is 5.35. The zero-order chi connectivity index (χ0) is 10.8. The van der Waals surface area contributed by atoms with Gasteiger partial charge in [0.2, 0.25) is 0 Å². The molecule has 0 radical (unpaired) electrons. The summed E-state index contributed by atoms with van der Waals surface area (Å²) in [7, 11) is 0. The molecule has 1 aromatic heterocycles. The maximum absolute atomic E-state index is 6.18. The van der Waals surface area contributed by atoms with Gasteiger partial charge in [0.1, 0.15) is 0 Å². The average Bonchev–Trinajstić information content (AvgIpc) is 2.74. The maximum Gasteiger partial charge on any atom is 0.0661 e. The van der Waals surface area contributed by atoms with Crippen molar-refractivity contribution in [3.63, 3.8) is 0 Å². The highest BCUT2D eigenvalue weighted by atomic mass is 79.9. The molecule has 0 aliphatic rings. The monoisotopic (exact) mass is 301 g/mol. The van der Waals surface area contributed by atoms with Gasteiger partial charge in [-0.25, -0.2) is 0 Å². The van der Waals surface area contributed by atoms with E-state index in [0.29, 0.717) is 5.02 Å². The second-order valence-electron chi connectivity index (χ2n) is 3.14. The summed E-state index contributed by atoms with van der Waals surface area (Å²) in [5.74, 6) is 0. The maximum atomic E-state index is 6.18. The van der Waals surface area contributed by atoms with Gasteiger partial charge in [-0.2, -0.15) is 0 Å². The number of benzene rings is 1. The summed E-state index contributed by atoms with van der Waals surface area (Å²) >= 11 is 11.2. The van der Waals surface area contributed by atoms with Gasteiger partial charge in [-0.3, -0.25) is 0 Å². The van der Waals surface area contributed by atoms with E-state index in [-0.39, 0.29) is 6.04 Å². The van der Waals surface area contributed by atoms with E-state index in [1.165, 1.54) is 0 Å². The molecule has 0 bridgehead atoms. The number of hydrogen-bond donors (Lipinski definition) is 1. The molecular weight excluding hydrogens is 294 g/mol. The van der Waals surface area contributed by atoms with Crippen LogP contribution in [0.15, 0.2) is 40.2 Å². The molecule has 15 heavy (non-hydrogen) atoms. The van der Waals surface area contributed by atoms with Crippen LogP contribution in [0.25, 0.3) is 0 Å². The van der Waals surface area contributed by atoms with E-state index in [9.17, 15) is 0 Å². The molecule has 0 fully saturated rings. The lowest BCUT2D eigenvalue weighted by molar-refractivity contribution is 0.893. The molecule has 1 heterocycles. The van der Waals surface area contributed by atoms with Crippen LogP contribution >= 0.6 is 38.9 Å². The molecule has 1 nitrogen and oxygen atoms in total. The van der Waals surface area contributed by atoms with Crippen molar-refractivity contribution in [1.29, 1.82) is 0 Å². The van der Waals surface area contributed by atoms with Gasteiger partial charge in [0, 0.05) is 9.35 Å². The number of hydrogen-bond acceptors (Lipinski definition) is 2. The van der Waals surface area contributed by atoms with E-state index in [1.807, 2.05) is 35.7 Å². The second kappa shape index (κ2) is 4.66. The molecule has 1 aromatic carbocycles. The molecule has 1 unspecified atom stereocenters. The Hall–Kier alpha value is -0.350. The Labute approximate surface area is 106 Å². The molecule has 1 atom stereocenters. The lowest BCUT2D eigenvalue weighted by Crippen LogP contribution is -2.10. The Bertz CT molecular complexity index is 456. The molecule has 78 valence electrons. The minimum Gasteiger partial charge on any atom is -0.320 e. The largest absolute Gasteiger partial charge is 0.320 e. The smallest absolute Gasteiger partial charge is 0.0661 e. The lowest BCUT2D eigenvalue weighted by atomic mass is 10.1. The van der Waals surface area contributed by atoms with E-state index in [0.717, 1.165) is 14.9 Å². The molecule has 0 aliphatic carbocycles. The highest BCUT2D eigenvalue weighted by Gasteiger charge is 2.14. The van der Waals surface area contributed by atoms with Gasteiger partial charge < -0.3 is 5.73 Å². The van der Waals surface area contributed by atoms with Crippen molar-refractivity contribution >= 4 is 38.9 Å². The summed E-state index contributed by atoms with van der Waals surface area (Å²) in [4.78, 5) is 1.12. The van der Waals surface area contributed by atoms with Gasteiger partial charge in [-0.1, -0.05) is 29.8 Å². The molecule has 0 aliphatic heterocycles. The predicted molar refractivity (Wildman–Crippen MR) is 69.5 cm³/mol. The van der Waals surface area contributed by atoms with Crippen LogP contribution in [0.2, 0.25) is 5.02 Å². The van der Waals surface area contributed by atoms with Crippen molar-refractivity contribution in [2.45, 2.75) is 6.04 Å². The molecule has 0 spiro atoms. The Morgan fingerprint density at radius 3 is 2.73 bits per heavy atom. The Morgan fingerprint density at radius 2 is 2.07 bits per heavy atom. The zero-order valence-electron chi connectivity index (χ0n) is 7.78. The standard InChI is InChI=1S/C11H9BrClNS/c12-8-4-1-3-7(10(8)13)11(14)9-5-2-6-15-9/h1-6,11H,14H2. The van der Waals surface area contributed by atoms with E-state index in [2.05, 4.69) is 15.9 Å². The number of halogens is 2. The van der Waals surface area contributed by atoms with Crippen LogP contribution in [0.3, 0.4) is 0 Å². The first-order chi connectivity index (χ1) is 7.20. The lowest BCUT2D eigenvalue weighted by Gasteiger charge is -2.12. The number of rotatable bonds is 2. The summed E-state index contributed by atoms with van der Waals surface area (Å²) in [6.07, 6.45) is 0. The topological polar surface area (TPSA) is 26.0 Å². The molecule has 2 N–H and O–H groups in total. The highest BCUT2D eigenvalue weighted by molar-refractivity contribution is 9.10. The van der Waals surface area contributed by atoms with Gasteiger partial charge >= 0.3 is 0 Å². The predicted octanol–water partition coefficient (Wildman–Crippen LogP) is 4.21. The van der Waals surface area contributed by atoms with Gasteiger partial charge in [-0.05, 0) is 39.0 Å². The quantitative estimate of drug-likeness (QED) is 0.883. The van der Waals surface area contributed by atoms with Crippen LogP contribution in [0.4, 0.5) is 0 Å². The van der Waals surface area contributed by atoms with Crippen molar-refractivity contribution in [1.82, 2.24) is 0 Å². The van der Waals surface area contributed by atoms with E-state index >= 15 is 0 Å². The summed E-state index contributed by atoms with van der Waals surface area (Å²) in [5.41, 5.74) is 7.09. The van der Waals surface area contributed by atoms with Crippen LogP contribution in [0.5, 0.6) is 0 Å². The van der Waals surface area contributed by atoms with Gasteiger partial charge in [-0.15, -0.1) is 11.3 Å². The van der Waals surface area contributed by atoms with Crippen LogP contribution in [-0.2, 0) is 0 Å². The van der Waals surface area contributed by atoms with Crippen LogP contribution < -0.4 is 5.73 Å². The molecule has 0 saturated heterocycles. The summed E-state index contributed by atoms with van der Waals surface area (Å²) in [6, 6.07) is 9.68. The van der Waals surface area contributed by atoms with Crippen molar-refractivity contribution in [3.05, 3.63) is 55.6 Å². The van der Waals surface area contributed by atoms with Gasteiger partial charge in [0.05, 0.1) is 11.1 Å². The fraction of sp³-hybridized carbons (Fsp3) is 0.0909. The van der Waals surface area contributed by atoms with Gasteiger partial charge in [0.25, 0.3) is 0 Å². The molecular formula is C11H9BrClNS. The number of thiophene rings is 1. The minimum absolute atomic E-state index is 0.144. The zero-order valence-corrected chi connectivity index (χ0v) is 10.9. The van der Waals surface area contributed by atoms with Crippen LogP contribution in [0, 0.1) is 0 Å². The van der Waals surface area contributed by atoms with Crippen molar-refractivity contribution in [2.75, 3.05) is 0 Å². The van der Waals surface area contributed by atoms with E-state index in [4.69, 9.17) is 17.3 Å². The van der Waals surface area contributed by atoms with Crippen molar-refractivity contribution in [3.8, 4) is 0 Å². The first kappa shape index (κ1) is 11.1. The average molecular weight is 303 g/mol. The van der Waals surface area contributed by atoms with E-state index in [1.54, 1.807) is 11.3 Å². The molecule has 2 aromatic rings. The Balaban J connectivity index is 2.42. The highest BCUT2D eigenvalue weighted by Crippen LogP contribution is 2.33. The third kappa shape index (κ3) is 2.26. The Morgan fingerprint density at radius 1 is 1.27 bits per heavy atom. The molecule has 4 heteroatoms. The first-order valence-corrected chi connectivity index (χ1v) is 6.48. The summed E-state index contributed by atoms with van der Waals surface area (Å²) < 4.78 is 0.883. The van der Waals surface area contributed by atoms with Crippen molar-refractivity contribution in [2.24, 2.45) is 5.73 Å². The number of nitrogens with two attached hydrogens (primary N) is 1. The molecule has 0 amide bonds. The normalized spacial score (nSPS) is 12.7. The third-order valence-electron chi connectivity index (χ3n) is 2.17. The third-order valence-corrected chi connectivity index (χ3v) is 4.43. The molecule has 2 rings (SSSR count). The van der Waals surface area contributed by atoms with Crippen LogP contribution in [-0.4, -0.2) is 0 Å². The van der Waals surface area contributed by atoms with Crippen molar-refractivity contribution < 1.29 is 0 Å². The van der Waals surface area contributed by atoms with E-state index < -0.39 is 0 Å². The van der Waals surface area contributed by atoms with Crippen LogP contribution in [0.1, 0.15) is 16.5 Å². The summed E-state index contributed by atoms with van der Waals surface area (Å²) in [5, 5.41) is 2.71. The fourth-order valence-electron chi connectivity index (χ4n) is 1.38.